The minimum atomic E-state index is -0.313. The Bertz CT molecular complexity index is 666. The second-order valence-electron chi connectivity index (χ2n) is 6.38. The molecule has 5 heteroatoms. The molecule has 4 nitrogen and oxygen atoms in total. The van der Waals surface area contributed by atoms with E-state index >= 15 is 0 Å². The van der Waals surface area contributed by atoms with Gasteiger partial charge >= 0.3 is 0 Å². The summed E-state index contributed by atoms with van der Waals surface area (Å²) in [6, 6.07) is 8.59. The van der Waals surface area contributed by atoms with Crippen LogP contribution in [0.4, 0.5) is 15.9 Å². The molecule has 0 bridgehead atoms. The van der Waals surface area contributed by atoms with Crippen LogP contribution in [0.5, 0.6) is 0 Å². The molecule has 0 atom stereocenters. The number of rotatable bonds is 5. The van der Waals surface area contributed by atoms with Crippen LogP contribution in [0, 0.1) is 5.82 Å². The van der Waals surface area contributed by atoms with Crippen LogP contribution < -0.4 is 9.80 Å². The van der Waals surface area contributed by atoms with E-state index in [1.54, 1.807) is 0 Å². The number of hydrogen-bond acceptors (Lipinski definition) is 4. The number of halogens is 1. The third kappa shape index (κ3) is 3.66. The van der Waals surface area contributed by atoms with Crippen molar-refractivity contribution < 1.29 is 4.39 Å². The molecule has 0 aliphatic carbocycles. The average Bonchev–Trinajstić information content (AvgIpc) is 2.63. The number of piperidine rings is 1. The van der Waals surface area contributed by atoms with Crippen molar-refractivity contribution in [3.63, 3.8) is 0 Å². The maximum Gasteiger partial charge on any atom is 0.187 e. The molecule has 1 fully saturated rings. The largest absolute Gasteiger partial charge is 0.372 e. The van der Waals surface area contributed by atoms with Crippen molar-refractivity contribution in [2.24, 2.45) is 0 Å². The first-order valence-corrected chi connectivity index (χ1v) is 8.73. The number of hydrogen-bond donors (Lipinski definition) is 0. The van der Waals surface area contributed by atoms with Gasteiger partial charge in [0.15, 0.2) is 11.6 Å². The quantitative estimate of drug-likeness (QED) is 0.835. The molecule has 2 aromatic rings. The van der Waals surface area contributed by atoms with E-state index in [0.29, 0.717) is 24.5 Å². The van der Waals surface area contributed by atoms with E-state index in [0.717, 1.165) is 18.7 Å². The van der Waals surface area contributed by atoms with Gasteiger partial charge in [0.1, 0.15) is 6.33 Å². The summed E-state index contributed by atoms with van der Waals surface area (Å²) < 4.78 is 14.4. The van der Waals surface area contributed by atoms with Crippen molar-refractivity contribution in [3.05, 3.63) is 47.7 Å². The molecule has 3 rings (SSSR count). The predicted molar refractivity (Wildman–Crippen MR) is 96.0 cm³/mol. The minimum Gasteiger partial charge on any atom is -0.372 e. The number of anilines is 2. The first kappa shape index (κ1) is 16.7. The molecule has 1 aromatic carbocycles. The number of nitrogens with zero attached hydrogens (tertiary/aromatic N) is 4. The highest BCUT2D eigenvalue weighted by Gasteiger charge is 2.14. The molecule has 24 heavy (non-hydrogen) atoms. The maximum absolute atomic E-state index is 14.4. The fourth-order valence-corrected chi connectivity index (χ4v) is 3.22. The summed E-state index contributed by atoms with van der Waals surface area (Å²) in [5, 5.41) is 0. The Hall–Kier alpha value is -2.17. The van der Waals surface area contributed by atoms with E-state index in [4.69, 9.17) is 0 Å². The van der Waals surface area contributed by atoms with E-state index in [1.807, 2.05) is 18.9 Å². The molecule has 1 aromatic heterocycles. The topological polar surface area (TPSA) is 32.3 Å². The highest BCUT2D eigenvalue weighted by Crippen LogP contribution is 2.22. The van der Waals surface area contributed by atoms with Crippen molar-refractivity contribution in [3.8, 4) is 0 Å². The molecular formula is C19H25FN4. The monoisotopic (exact) mass is 328 g/mol. The summed E-state index contributed by atoms with van der Waals surface area (Å²) in [4.78, 5) is 12.4. The Balaban J connectivity index is 1.69. The number of aryl methyl sites for hydroxylation is 1. The zero-order chi connectivity index (χ0) is 16.9. The van der Waals surface area contributed by atoms with E-state index in [-0.39, 0.29) is 5.82 Å². The Morgan fingerprint density at radius 3 is 2.46 bits per heavy atom. The lowest BCUT2D eigenvalue weighted by molar-refractivity contribution is 0.578. The molecule has 0 N–H and O–H groups in total. The molecule has 0 saturated carbocycles. The average molecular weight is 328 g/mol. The molecule has 1 saturated heterocycles. The van der Waals surface area contributed by atoms with Crippen molar-refractivity contribution in [1.82, 2.24) is 9.97 Å². The Morgan fingerprint density at radius 2 is 1.79 bits per heavy atom. The van der Waals surface area contributed by atoms with Crippen molar-refractivity contribution >= 4 is 11.5 Å². The van der Waals surface area contributed by atoms with Gasteiger partial charge in [0, 0.05) is 32.4 Å². The first-order valence-electron chi connectivity index (χ1n) is 8.73. The fourth-order valence-electron chi connectivity index (χ4n) is 3.22. The van der Waals surface area contributed by atoms with Gasteiger partial charge in [-0.05, 0) is 43.4 Å². The van der Waals surface area contributed by atoms with Crippen LogP contribution >= 0.6 is 0 Å². The molecule has 0 spiro atoms. The summed E-state index contributed by atoms with van der Waals surface area (Å²) in [5.74, 6) is 0.0504. The standard InChI is InChI=1S/C19H25FN4/c1-3-17-18(20)19(22-14-21-17)23(2)13-15-7-9-16(10-8-15)24-11-5-4-6-12-24/h7-10,14H,3-6,11-13H2,1-2H3. The molecule has 0 amide bonds. The van der Waals surface area contributed by atoms with E-state index in [9.17, 15) is 4.39 Å². The van der Waals surface area contributed by atoms with Crippen LogP contribution in [-0.4, -0.2) is 30.1 Å². The summed E-state index contributed by atoms with van der Waals surface area (Å²) >= 11 is 0. The van der Waals surface area contributed by atoms with Gasteiger partial charge in [-0.2, -0.15) is 0 Å². The van der Waals surface area contributed by atoms with Gasteiger partial charge < -0.3 is 9.80 Å². The summed E-state index contributed by atoms with van der Waals surface area (Å²) in [6.07, 6.45) is 5.89. The Morgan fingerprint density at radius 1 is 1.08 bits per heavy atom. The Labute approximate surface area is 143 Å². The molecule has 2 heterocycles. The van der Waals surface area contributed by atoms with Crippen LogP contribution in [-0.2, 0) is 13.0 Å². The second kappa shape index (κ2) is 7.60. The van der Waals surface area contributed by atoms with Gasteiger partial charge in [0.2, 0.25) is 0 Å². The molecule has 128 valence electrons. The van der Waals surface area contributed by atoms with Crippen molar-refractivity contribution in [2.45, 2.75) is 39.2 Å². The number of benzene rings is 1. The van der Waals surface area contributed by atoms with E-state index < -0.39 is 0 Å². The lowest BCUT2D eigenvalue weighted by atomic mass is 10.1. The zero-order valence-electron chi connectivity index (χ0n) is 14.5. The van der Waals surface area contributed by atoms with Crippen LogP contribution in [0.1, 0.15) is 37.4 Å². The van der Waals surface area contributed by atoms with Gasteiger partial charge in [-0.1, -0.05) is 19.1 Å². The summed E-state index contributed by atoms with van der Waals surface area (Å²) in [6.45, 7) is 4.81. The lowest BCUT2D eigenvalue weighted by Crippen LogP contribution is -2.29. The lowest BCUT2D eigenvalue weighted by Gasteiger charge is -2.29. The first-order chi connectivity index (χ1) is 11.7. The Kier molecular flexibility index (Phi) is 5.28. The van der Waals surface area contributed by atoms with Gasteiger partial charge in [0.05, 0.1) is 5.69 Å². The van der Waals surface area contributed by atoms with Gasteiger partial charge in [-0.15, -0.1) is 0 Å². The molecular weight excluding hydrogens is 303 g/mol. The van der Waals surface area contributed by atoms with Crippen LogP contribution in [0.15, 0.2) is 30.6 Å². The van der Waals surface area contributed by atoms with Gasteiger partial charge in [0.25, 0.3) is 0 Å². The normalized spacial score (nSPS) is 14.7. The third-order valence-electron chi connectivity index (χ3n) is 4.62. The highest BCUT2D eigenvalue weighted by atomic mass is 19.1. The minimum absolute atomic E-state index is 0.313. The molecule has 0 radical (unpaired) electrons. The SMILES string of the molecule is CCc1ncnc(N(C)Cc2ccc(N3CCCCC3)cc2)c1F. The van der Waals surface area contributed by atoms with Crippen molar-refractivity contribution in [2.75, 3.05) is 29.9 Å². The van der Waals surface area contributed by atoms with Gasteiger partial charge in [-0.25, -0.2) is 14.4 Å². The second-order valence-corrected chi connectivity index (χ2v) is 6.38. The molecule has 1 aliphatic heterocycles. The predicted octanol–water partition coefficient (Wildman–Crippen LogP) is 3.80. The van der Waals surface area contributed by atoms with Crippen LogP contribution in [0.3, 0.4) is 0 Å². The fraction of sp³-hybridized carbons (Fsp3) is 0.474. The van der Waals surface area contributed by atoms with Gasteiger partial charge in [-0.3, -0.25) is 0 Å². The smallest absolute Gasteiger partial charge is 0.187 e. The van der Waals surface area contributed by atoms with Crippen molar-refractivity contribution in [1.29, 1.82) is 0 Å². The van der Waals surface area contributed by atoms with E-state index in [2.05, 4.69) is 39.1 Å². The molecule has 0 unspecified atom stereocenters. The number of aromatic nitrogens is 2. The highest BCUT2D eigenvalue weighted by molar-refractivity contribution is 5.49. The summed E-state index contributed by atoms with van der Waals surface area (Å²) in [7, 11) is 1.86. The van der Waals surface area contributed by atoms with E-state index in [1.165, 1.54) is 31.3 Å². The molecule has 1 aliphatic rings. The zero-order valence-corrected chi connectivity index (χ0v) is 14.5. The van der Waals surface area contributed by atoms with Crippen LogP contribution in [0.25, 0.3) is 0 Å². The van der Waals surface area contributed by atoms with Crippen LogP contribution in [0.2, 0.25) is 0 Å². The maximum atomic E-state index is 14.4. The summed E-state index contributed by atoms with van der Waals surface area (Å²) in [5.41, 5.74) is 2.89. The third-order valence-corrected chi connectivity index (χ3v) is 4.62.